The average molecular weight is 236 g/mol. The van der Waals surface area contributed by atoms with E-state index < -0.39 is 11.5 Å². The normalized spacial score (nSPS) is 13.1. The van der Waals surface area contributed by atoms with Gasteiger partial charge in [-0.3, -0.25) is 4.79 Å². The molecule has 0 aliphatic rings. The molecule has 3 heteroatoms. The summed E-state index contributed by atoms with van der Waals surface area (Å²) >= 11 is 0. The van der Waals surface area contributed by atoms with Crippen molar-refractivity contribution >= 4 is 5.97 Å². The van der Waals surface area contributed by atoms with Crippen LogP contribution in [0.25, 0.3) is 0 Å². The van der Waals surface area contributed by atoms with Gasteiger partial charge in [0.2, 0.25) is 0 Å². The maximum absolute atomic E-state index is 11.6. The van der Waals surface area contributed by atoms with Crippen LogP contribution in [0.2, 0.25) is 0 Å². The summed E-state index contributed by atoms with van der Waals surface area (Å²) in [7, 11) is 0. The van der Waals surface area contributed by atoms with E-state index in [1.807, 2.05) is 0 Å². The summed E-state index contributed by atoms with van der Waals surface area (Å²) in [4.78, 5) is 11.6. The molecule has 0 saturated carbocycles. The lowest BCUT2D eigenvalue weighted by Gasteiger charge is -2.18. The van der Waals surface area contributed by atoms with E-state index in [4.69, 9.17) is 15.9 Å². The van der Waals surface area contributed by atoms with Crippen LogP contribution in [0.1, 0.15) is 20.8 Å². The van der Waals surface area contributed by atoms with Gasteiger partial charge in [-0.05, 0) is 26.8 Å². The Morgan fingerprint density at radius 1 is 1.47 bits per heavy atom. The summed E-state index contributed by atoms with van der Waals surface area (Å²) in [5.41, 5.74) is -0.553. The third kappa shape index (κ3) is 7.37. The van der Waals surface area contributed by atoms with Gasteiger partial charge in [0, 0.05) is 0 Å². The summed E-state index contributed by atoms with van der Waals surface area (Å²) in [6.07, 6.45) is 9.64. The fourth-order valence-electron chi connectivity index (χ4n) is 0.820. The van der Waals surface area contributed by atoms with Crippen molar-refractivity contribution < 1.29 is 14.3 Å². The predicted molar refractivity (Wildman–Crippen MR) is 68.3 cm³/mol. The Morgan fingerprint density at radius 3 is 2.59 bits per heavy atom. The van der Waals surface area contributed by atoms with Gasteiger partial charge in [0.15, 0.2) is 6.10 Å². The Bertz CT molecular complexity index is 315. The molecule has 17 heavy (non-hydrogen) atoms. The van der Waals surface area contributed by atoms with E-state index in [1.54, 1.807) is 39.0 Å². The van der Waals surface area contributed by atoms with Crippen molar-refractivity contribution in [2.75, 3.05) is 13.2 Å². The number of hydrogen-bond acceptors (Lipinski definition) is 3. The molecule has 0 heterocycles. The van der Waals surface area contributed by atoms with Crippen LogP contribution in [0.3, 0.4) is 0 Å². The third-order valence-corrected chi connectivity index (χ3v) is 1.77. The first-order chi connectivity index (χ1) is 7.91. The zero-order chi connectivity index (χ0) is 13.3. The molecular weight excluding hydrogens is 216 g/mol. The Labute approximate surface area is 103 Å². The van der Waals surface area contributed by atoms with Crippen LogP contribution in [0.4, 0.5) is 0 Å². The largest absolute Gasteiger partial charge is 0.444 e. The van der Waals surface area contributed by atoms with E-state index in [2.05, 4.69) is 12.5 Å². The summed E-state index contributed by atoms with van der Waals surface area (Å²) < 4.78 is 10.3. The second-order valence-corrected chi connectivity index (χ2v) is 4.50. The van der Waals surface area contributed by atoms with Crippen LogP contribution in [-0.4, -0.2) is 25.3 Å². The third-order valence-electron chi connectivity index (χ3n) is 1.77. The first kappa shape index (κ1) is 15.5. The van der Waals surface area contributed by atoms with Crippen LogP contribution in [0.15, 0.2) is 24.8 Å². The molecule has 3 nitrogen and oxygen atoms in total. The molecule has 0 aliphatic carbocycles. The highest BCUT2D eigenvalue weighted by atomic mass is 16.5. The van der Waals surface area contributed by atoms with Crippen molar-refractivity contribution in [3.05, 3.63) is 24.8 Å². The Morgan fingerprint density at radius 2 is 2.12 bits per heavy atom. The zero-order valence-corrected chi connectivity index (χ0v) is 10.7. The molecule has 0 bridgehead atoms. The van der Waals surface area contributed by atoms with Crippen molar-refractivity contribution in [1.29, 1.82) is 0 Å². The SMILES string of the molecule is C#CC(/C=C/COCC=C)OC(=O)C(C)(C)C. The van der Waals surface area contributed by atoms with E-state index in [1.165, 1.54) is 0 Å². The van der Waals surface area contributed by atoms with Crippen LogP contribution < -0.4 is 0 Å². The molecule has 0 aromatic rings. The lowest BCUT2D eigenvalue weighted by atomic mass is 9.97. The van der Waals surface area contributed by atoms with Crippen LogP contribution in [0.5, 0.6) is 0 Å². The number of rotatable bonds is 6. The molecule has 0 aromatic carbocycles. The maximum atomic E-state index is 11.6. The number of hydrogen-bond donors (Lipinski definition) is 0. The van der Waals surface area contributed by atoms with Crippen molar-refractivity contribution in [1.82, 2.24) is 0 Å². The lowest BCUT2D eigenvalue weighted by molar-refractivity contribution is -0.154. The molecule has 1 atom stereocenters. The number of carbonyl (C=O) groups is 1. The predicted octanol–water partition coefficient (Wildman–Crippen LogP) is 2.34. The molecule has 0 aromatic heterocycles. The smallest absolute Gasteiger partial charge is 0.312 e. The second-order valence-electron chi connectivity index (χ2n) is 4.50. The van der Waals surface area contributed by atoms with Gasteiger partial charge in [-0.1, -0.05) is 18.1 Å². The van der Waals surface area contributed by atoms with Crippen LogP contribution >= 0.6 is 0 Å². The fraction of sp³-hybridized carbons (Fsp3) is 0.500. The quantitative estimate of drug-likeness (QED) is 0.307. The Hall–Kier alpha value is -1.53. The first-order valence-corrected chi connectivity index (χ1v) is 5.44. The minimum absolute atomic E-state index is 0.322. The van der Waals surface area contributed by atoms with Crippen LogP contribution in [0, 0.1) is 17.8 Å². The van der Waals surface area contributed by atoms with Gasteiger partial charge in [0.05, 0.1) is 18.6 Å². The Balaban J connectivity index is 4.14. The van der Waals surface area contributed by atoms with Crippen molar-refractivity contribution in [2.24, 2.45) is 5.41 Å². The molecule has 0 fully saturated rings. The number of ether oxygens (including phenoxy) is 2. The fourth-order valence-corrected chi connectivity index (χ4v) is 0.820. The van der Waals surface area contributed by atoms with Gasteiger partial charge < -0.3 is 9.47 Å². The summed E-state index contributed by atoms with van der Waals surface area (Å²) in [5, 5.41) is 0. The van der Waals surface area contributed by atoms with Crippen molar-refractivity contribution in [3.8, 4) is 12.3 Å². The number of carbonyl (C=O) groups excluding carboxylic acids is 1. The number of esters is 1. The van der Waals surface area contributed by atoms with Gasteiger partial charge in [-0.25, -0.2) is 0 Å². The van der Waals surface area contributed by atoms with Gasteiger partial charge in [0.1, 0.15) is 0 Å². The minimum atomic E-state index is -0.644. The van der Waals surface area contributed by atoms with Crippen LogP contribution in [-0.2, 0) is 14.3 Å². The highest BCUT2D eigenvalue weighted by molar-refractivity contribution is 5.75. The van der Waals surface area contributed by atoms with E-state index in [9.17, 15) is 4.79 Å². The molecule has 1 unspecified atom stereocenters. The zero-order valence-electron chi connectivity index (χ0n) is 10.7. The standard InChI is InChI=1S/C14H20O3/c1-6-10-16-11-8-9-12(7-2)17-13(15)14(3,4)5/h2,6,8-9,12H,1,10-11H2,3-5H3/b9-8+. The molecule has 0 amide bonds. The maximum Gasteiger partial charge on any atom is 0.312 e. The van der Waals surface area contributed by atoms with Gasteiger partial charge in [-0.15, -0.1) is 13.0 Å². The average Bonchev–Trinajstić information content (AvgIpc) is 2.25. The highest BCUT2D eigenvalue weighted by Crippen LogP contribution is 2.16. The minimum Gasteiger partial charge on any atom is -0.444 e. The highest BCUT2D eigenvalue weighted by Gasteiger charge is 2.24. The molecule has 0 N–H and O–H groups in total. The first-order valence-electron chi connectivity index (χ1n) is 5.44. The Kier molecular flexibility index (Phi) is 7.00. The van der Waals surface area contributed by atoms with Gasteiger partial charge >= 0.3 is 5.97 Å². The van der Waals surface area contributed by atoms with Crippen molar-refractivity contribution in [3.63, 3.8) is 0 Å². The summed E-state index contributed by atoms with van der Waals surface area (Å²) in [6.45, 7) is 9.75. The van der Waals surface area contributed by atoms with E-state index >= 15 is 0 Å². The number of terminal acetylenes is 1. The monoisotopic (exact) mass is 236 g/mol. The molecule has 0 rings (SSSR count). The summed E-state index contributed by atoms with van der Waals surface area (Å²) in [6, 6.07) is 0. The second kappa shape index (κ2) is 7.70. The van der Waals surface area contributed by atoms with E-state index in [0.717, 1.165) is 0 Å². The molecule has 0 aliphatic heterocycles. The molecule has 0 radical (unpaired) electrons. The lowest BCUT2D eigenvalue weighted by Crippen LogP contribution is -2.26. The topological polar surface area (TPSA) is 35.5 Å². The summed E-state index contributed by atoms with van der Waals surface area (Å²) in [5.74, 6) is 2.07. The molecular formula is C14H20O3. The molecule has 94 valence electrons. The van der Waals surface area contributed by atoms with Crippen molar-refractivity contribution in [2.45, 2.75) is 26.9 Å². The molecule has 0 spiro atoms. The van der Waals surface area contributed by atoms with E-state index in [-0.39, 0.29) is 5.97 Å². The van der Waals surface area contributed by atoms with E-state index in [0.29, 0.717) is 13.2 Å². The van der Waals surface area contributed by atoms with Gasteiger partial charge in [-0.2, -0.15) is 0 Å². The molecule has 0 saturated heterocycles. The van der Waals surface area contributed by atoms with Gasteiger partial charge in [0.25, 0.3) is 0 Å².